The third kappa shape index (κ3) is 11.3. The number of carboxylic acid groups (broad SMARTS) is 1. The number of nitrogens with two attached hydrogens (primary N) is 1. The fraction of sp³-hybridized carbons (Fsp3) is 0. The standard InChI is InChI=1S/C39H27N7O10S2.3Na/c40-24-6-1-23-17-36(58(54,55)56)37(38(48)30(23)18-24)46-45-34-15-14-33(29-13-12-28(20-31(29)34)57(51,52)53)44-42-26-9-4-22(5-10-26)21-2-7-25(8-3-21)41-43-27-11-16-35(47)32(19-27)39(49)50;;;/h1-20,47-48H,40H2,(H,49,50)(H,51,52,53)(H,54,55,56);;;/q;3*+1/p-3. The molecule has 7 rings (SSSR count). The van der Waals surface area contributed by atoms with E-state index < -0.39 is 58.7 Å². The third-order valence-electron chi connectivity index (χ3n) is 8.66. The number of carbonyl (C=O) groups excluding carboxylic acids is 1. The zero-order chi connectivity index (χ0) is 41.4. The van der Waals surface area contributed by atoms with Crippen LogP contribution < -0.4 is 99.5 Å². The van der Waals surface area contributed by atoms with Crippen molar-refractivity contribution in [3.05, 3.63) is 127 Å². The number of hydrogen-bond acceptors (Lipinski definition) is 17. The van der Waals surface area contributed by atoms with Crippen LogP contribution in [0, 0.1) is 0 Å². The summed E-state index contributed by atoms with van der Waals surface area (Å²) in [4.78, 5) is 9.69. The fourth-order valence-electron chi connectivity index (χ4n) is 5.79. The zero-order valence-electron chi connectivity index (χ0n) is 32.3. The number of phenols is 2. The first kappa shape index (κ1) is 49.2. The Labute approximate surface area is 413 Å². The molecule has 0 radical (unpaired) electrons. The van der Waals surface area contributed by atoms with Crippen LogP contribution in [0.3, 0.4) is 0 Å². The van der Waals surface area contributed by atoms with Gasteiger partial charge in [0.1, 0.15) is 31.7 Å². The molecule has 61 heavy (non-hydrogen) atoms. The molecule has 0 heterocycles. The van der Waals surface area contributed by atoms with Crippen LogP contribution in [0.25, 0.3) is 32.7 Å². The van der Waals surface area contributed by atoms with Crippen molar-refractivity contribution in [2.45, 2.75) is 9.79 Å². The monoisotopic (exact) mass is 883 g/mol. The number of rotatable bonds is 10. The molecule has 0 aromatic heterocycles. The number of fused-ring (bicyclic) bond motifs is 2. The Morgan fingerprint density at radius 1 is 0.541 bits per heavy atom. The van der Waals surface area contributed by atoms with Gasteiger partial charge in [0.15, 0.2) is 5.75 Å². The molecule has 17 nitrogen and oxygen atoms in total. The molecule has 0 atom stereocenters. The van der Waals surface area contributed by atoms with E-state index in [1.54, 1.807) is 48.5 Å². The van der Waals surface area contributed by atoms with Crippen molar-refractivity contribution in [3.8, 4) is 22.6 Å². The topological polar surface area (TPSA) is 295 Å². The summed E-state index contributed by atoms with van der Waals surface area (Å²) in [7, 11) is -10.1. The number of hydrogen-bond donors (Lipinski definition) is 3. The van der Waals surface area contributed by atoms with E-state index in [2.05, 4.69) is 30.7 Å². The predicted molar refractivity (Wildman–Crippen MR) is 207 cm³/mol. The van der Waals surface area contributed by atoms with Crippen LogP contribution in [-0.4, -0.2) is 42.1 Å². The maximum Gasteiger partial charge on any atom is 1.00 e. The molecule has 0 spiro atoms. The molecule has 0 saturated heterocycles. The Balaban J connectivity index is 0.00000273. The van der Waals surface area contributed by atoms with E-state index in [0.717, 1.165) is 35.4 Å². The van der Waals surface area contributed by atoms with Crippen molar-refractivity contribution >= 4 is 87.6 Å². The van der Waals surface area contributed by atoms with Gasteiger partial charge in [0.05, 0.1) is 44.2 Å². The van der Waals surface area contributed by atoms with Crippen molar-refractivity contribution in [1.29, 1.82) is 0 Å². The Hall–Kier alpha value is -4.45. The molecular weight excluding hydrogens is 860 g/mol. The van der Waals surface area contributed by atoms with Gasteiger partial charge in [0.25, 0.3) is 0 Å². The van der Waals surface area contributed by atoms with Gasteiger partial charge in [-0.1, -0.05) is 36.4 Å². The van der Waals surface area contributed by atoms with Crippen LogP contribution in [0.1, 0.15) is 10.4 Å². The van der Waals surface area contributed by atoms with Crippen molar-refractivity contribution in [3.63, 3.8) is 0 Å². The molecule has 0 fully saturated rings. The molecule has 0 aliphatic rings. The Morgan fingerprint density at radius 3 is 1.66 bits per heavy atom. The first-order chi connectivity index (χ1) is 27.5. The second kappa shape index (κ2) is 20.2. The summed E-state index contributed by atoms with van der Waals surface area (Å²) < 4.78 is 72.4. The average Bonchev–Trinajstić information content (AvgIpc) is 3.19. The minimum atomic E-state index is -5.18. The quantitative estimate of drug-likeness (QED) is 0.0654. The zero-order valence-corrected chi connectivity index (χ0v) is 39.9. The molecule has 7 aromatic rings. The molecule has 290 valence electrons. The number of azo groups is 3. The van der Waals surface area contributed by atoms with Gasteiger partial charge in [-0.05, 0) is 101 Å². The first-order valence-electron chi connectivity index (χ1n) is 16.6. The number of phenolic OH excluding ortho intramolecular Hbond substituents is 1. The number of aromatic carboxylic acids is 1. The van der Waals surface area contributed by atoms with Gasteiger partial charge >= 0.3 is 88.7 Å². The number of nitrogens with zero attached hydrogens (tertiary/aromatic N) is 6. The molecule has 0 bridgehead atoms. The van der Waals surface area contributed by atoms with Gasteiger partial charge in [-0.15, -0.1) is 15.3 Å². The van der Waals surface area contributed by atoms with Crippen molar-refractivity contribution < 1.29 is 135 Å². The van der Waals surface area contributed by atoms with Crippen LogP contribution in [-0.2, 0) is 20.2 Å². The number of benzene rings is 7. The van der Waals surface area contributed by atoms with E-state index in [0.29, 0.717) is 11.4 Å². The van der Waals surface area contributed by atoms with Gasteiger partial charge in [-0.25, -0.2) is 16.8 Å². The van der Waals surface area contributed by atoms with Crippen molar-refractivity contribution in [2.75, 3.05) is 5.73 Å². The van der Waals surface area contributed by atoms with E-state index in [1.807, 2.05) is 0 Å². The Morgan fingerprint density at radius 2 is 1.08 bits per heavy atom. The van der Waals surface area contributed by atoms with Crippen LogP contribution in [0.5, 0.6) is 11.5 Å². The number of anilines is 1. The van der Waals surface area contributed by atoms with Gasteiger partial charge in [-0.2, -0.15) is 15.3 Å². The predicted octanol–water partition coefficient (Wildman–Crippen LogP) is -0.917. The van der Waals surface area contributed by atoms with Gasteiger partial charge < -0.3 is 35.0 Å². The molecular formula is C39H24N7Na3O10S2. The summed E-state index contributed by atoms with van der Waals surface area (Å²) in [6.45, 7) is 0. The van der Waals surface area contributed by atoms with Gasteiger partial charge in [-0.3, -0.25) is 0 Å². The molecule has 22 heteroatoms. The molecule has 4 N–H and O–H groups in total. The maximum absolute atomic E-state index is 12.2. The summed E-state index contributed by atoms with van der Waals surface area (Å²) in [5, 5.41) is 57.1. The van der Waals surface area contributed by atoms with Crippen LogP contribution in [0.2, 0.25) is 0 Å². The molecule has 0 aliphatic heterocycles. The summed E-state index contributed by atoms with van der Waals surface area (Å²) in [6, 6.07) is 29.2. The van der Waals surface area contributed by atoms with E-state index in [1.165, 1.54) is 48.5 Å². The summed E-state index contributed by atoms with van der Waals surface area (Å²) in [5.41, 5.74) is 7.92. The van der Waals surface area contributed by atoms with E-state index >= 15 is 0 Å². The number of nitrogen functional groups attached to an aromatic ring is 1. The third-order valence-corrected chi connectivity index (χ3v) is 10.3. The smallest absolute Gasteiger partial charge is 0.744 e. The molecule has 7 aromatic carbocycles. The normalized spacial score (nSPS) is 11.8. The van der Waals surface area contributed by atoms with E-state index in [9.17, 15) is 46.1 Å². The van der Waals surface area contributed by atoms with Crippen LogP contribution in [0.15, 0.2) is 162 Å². The average molecular weight is 884 g/mol. The van der Waals surface area contributed by atoms with Crippen molar-refractivity contribution in [1.82, 2.24) is 0 Å². The molecule has 0 saturated carbocycles. The summed E-state index contributed by atoms with van der Waals surface area (Å²) in [6.07, 6.45) is 0. The van der Waals surface area contributed by atoms with E-state index in [4.69, 9.17) is 5.73 Å². The van der Waals surface area contributed by atoms with Crippen molar-refractivity contribution in [2.24, 2.45) is 30.7 Å². The SMILES string of the molecule is Nc1ccc2cc(S(=O)(=O)[O-])c(N=Nc3ccc(N=Nc4ccc(-c5ccc(N=Nc6ccc(O)c(C(=O)[O-])c6)cc5)cc4)c4ccc(S(=O)(=O)[O-])cc34)c(O)c2c1.[Na+].[Na+].[Na+]. The fourth-order valence-corrected chi connectivity index (χ4v) is 6.94. The first-order valence-corrected chi connectivity index (χ1v) is 19.4. The number of carbonyl (C=O) groups is 1. The van der Waals surface area contributed by atoms with Gasteiger partial charge in [0.2, 0.25) is 0 Å². The van der Waals surface area contributed by atoms with Crippen LogP contribution in [0.4, 0.5) is 39.8 Å². The largest absolute Gasteiger partial charge is 1.00 e. The van der Waals surface area contributed by atoms with Gasteiger partial charge in [0, 0.05) is 27.4 Å². The molecule has 0 aliphatic carbocycles. The second-order valence-electron chi connectivity index (χ2n) is 12.5. The Kier molecular flexibility index (Phi) is 16.3. The molecule has 0 unspecified atom stereocenters. The van der Waals surface area contributed by atoms with E-state index in [-0.39, 0.29) is 133 Å². The minimum absolute atomic E-state index is 0. The van der Waals surface area contributed by atoms with Crippen LogP contribution >= 0.6 is 0 Å². The number of carboxylic acids is 1. The molecule has 0 amide bonds. The Bertz CT molecular complexity index is 3140. The second-order valence-corrected chi connectivity index (χ2v) is 15.2. The summed E-state index contributed by atoms with van der Waals surface area (Å²) in [5.74, 6) is -2.67. The summed E-state index contributed by atoms with van der Waals surface area (Å²) >= 11 is 0. The minimum Gasteiger partial charge on any atom is -0.744 e. The number of aromatic hydroxyl groups is 2. The maximum atomic E-state index is 12.2.